The van der Waals surface area contributed by atoms with E-state index < -0.39 is 34.7 Å². The summed E-state index contributed by atoms with van der Waals surface area (Å²) in [5.74, 6) is -7.04. The number of aromatic hydroxyl groups is 1. The molecule has 116 valence electrons. The Morgan fingerprint density at radius 2 is 2.09 bits per heavy atom. The first kappa shape index (κ1) is 14.5. The molecule has 1 aromatic heterocycles. The lowest BCUT2D eigenvalue weighted by atomic mass is 9.92. The Bertz CT molecular complexity index is 743. The van der Waals surface area contributed by atoms with Crippen molar-refractivity contribution in [2.24, 2.45) is 0 Å². The third-order valence-electron chi connectivity index (χ3n) is 3.85. The molecule has 1 atom stereocenters. The maximum atomic E-state index is 13.8. The van der Waals surface area contributed by atoms with E-state index >= 15 is 0 Å². The van der Waals surface area contributed by atoms with E-state index in [0.717, 1.165) is 24.1 Å². The highest BCUT2D eigenvalue weighted by Crippen LogP contribution is 2.30. The van der Waals surface area contributed by atoms with Gasteiger partial charge in [-0.2, -0.15) is 4.39 Å². The van der Waals surface area contributed by atoms with Crippen LogP contribution in [0, 0.1) is 17.5 Å². The number of hydrogen-bond acceptors (Lipinski definition) is 2. The van der Waals surface area contributed by atoms with E-state index in [1.807, 2.05) is 6.07 Å². The summed E-state index contributed by atoms with van der Waals surface area (Å²) in [6, 6.07) is 1.93. The monoisotopic (exact) mass is 310 g/mol. The molecular formula is C15H13F3N2O2. The molecule has 1 aliphatic carbocycles. The van der Waals surface area contributed by atoms with Crippen LogP contribution in [0.15, 0.2) is 18.3 Å². The maximum Gasteiger partial charge on any atom is 0.254 e. The fourth-order valence-electron chi connectivity index (χ4n) is 2.74. The van der Waals surface area contributed by atoms with Gasteiger partial charge in [0.05, 0.1) is 11.6 Å². The molecule has 0 aliphatic heterocycles. The number of nitrogens with one attached hydrogen (secondary N) is 2. The van der Waals surface area contributed by atoms with Crippen molar-refractivity contribution in [2.45, 2.75) is 25.3 Å². The number of carbonyl (C=O) groups excluding carboxylic acids is 1. The predicted octanol–water partition coefficient (Wildman–Crippen LogP) is 2.95. The maximum absolute atomic E-state index is 13.8. The van der Waals surface area contributed by atoms with Gasteiger partial charge in [-0.25, -0.2) is 8.78 Å². The Hall–Kier alpha value is -2.44. The molecule has 0 fully saturated rings. The van der Waals surface area contributed by atoms with Crippen LogP contribution >= 0.6 is 0 Å². The van der Waals surface area contributed by atoms with E-state index in [9.17, 15) is 23.1 Å². The smallest absolute Gasteiger partial charge is 0.254 e. The average molecular weight is 310 g/mol. The molecule has 3 N–H and O–H groups in total. The average Bonchev–Trinajstić information content (AvgIpc) is 2.98. The van der Waals surface area contributed by atoms with Crippen molar-refractivity contribution in [1.29, 1.82) is 0 Å². The van der Waals surface area contributed by atoms with Crippen LogP contribution in [-0.4, -0.2) is 16.0 Å². The van der Waals surface area contributed by atoms with E-state index in [0.29, 0.717) is 12.5 Å². The Balaban J connectivity index is 1.88. The highest BCUT2D eigenvalue weighted by Gasteiger charge is 2.27. The normalized spacial score (nSPS) is 17.1. The third-order valence-corrected chi connectivity index (χ3v) is 3.85. The molecule has 1 aromatic carbocycles. The van der Waals surface area contributed by atoms with Crippen LogP contribution in [0.5, 0.6) is 5.75 Å². The SMILES string of the molecule is O=C(NC1CCCc2[nH]ccc21)c1cc(F)c(F)c(O)c1F. The van der Waals surface area contributed by atoms with E-state index in [1.165, 1.54) is 0 Å². The third kappa shape index (κ3) is 2.32. The number of rotatable bonds is 2. The van der Waals surface area contributed by atoms with Gasteiger partial charge in [-0.15, -0.1) is 0 Å². The molecule has 22 heavy (non-hydrogen) atoms. The van der Waals surface area contributed by atoms with Crippen molar-refractivity contribution >= 4 is 5.91 Å². The number of hydrogen-bond donors (Lipinski definition) is 3. The Labute approximate surface area is 124 Å². The van der Waals surface area contributed by atoms with Crippen LogP contribution in [0.3, 0.4) is 0 Å². The summed E-state index contributed by atoms with van der Waals surface area (Å²) in [6.45, 7) is 0. The van der Waals surface area contributed by atoms with Gasteiger partial charge >= 0.3 is 0 Å². The summed E-state index contributed by atoms with van der Waals surface area (Å²) in [6.07, 6.45) is 4.10. The van der Waals surface area contributed by atoms with Crippen molar-refractivity contribution in [1.82, 2.24) is 10.3 Å². The van der Waals surface area contributed by atoms with Gasteiger partial charge in [0, 0.05) is 11.9 Å². The molecule has 0 bridgehead atoms. The topological polar surface area (TPSA) is 65.1 Å². The summed E-state index contributed by atoms with van der Waals surface area (Å²) in [5, 5.41) is 11.8. The van der Waals surface area contributed by atoms with Crippen LogP contribution in [0.4, 0.5) is 13.2 Å². The second-order valence-corrected chi connectivity index (χ2v) is 5.21. The van der Waals surface area contributed by atoms with E-state index in [2.05, 4.69) is 10.3 Å². The number of halogens is 3. The van der Waals surface area contributed by atoms with Crippen molar-refractivity contribution in [3.05, 3.63) is 52.6 Å². The Kier molecular flexibility index (Phi) is 3.56. The quantitative estimate of drug-likeness (QED) is 0.747. The molecule has 0 radical (unpaired) electrons. The molecule has 1 heterocycles. The fraction of sp³-hybridized carbons (Fsp3) is 0.267. The van der Waals surface area contributed by atoms with E-state index in [4.69, 9.17) is 0 Å². The van der Waals surface area contributed by atoms with Crippen LogP contribution in [0.2, 0.25) is 0 Å². The molecule has 0 saturated carbocycles. The highest BCUT2D eigenvalue weighted by molar-refractivity contribution is 5.95. The van der Waals surface area contributed by atoms with E-state index in [-0.39, 0.29) is 6.04 Å². The van der Waals surface area contributed by atoms with Crippen molar-refractivity contribution in [3.63, 3.8) is 0 Å². The minimum absolute atomic E-state index is 0.336. The number of aromatic nitrogens is 1. The van der Waals surface area contributed by atoms with Gasteiger partial charge in [-0.3, -0.25) is 4.79 Å². The molecule has 0 spiro atoms. The summed E-state index contributed by atoms with van der Waals surface area (Å²) >= 11 is 0. The van der Waals surface area contributed by atoms with Gasteiger partial charge in [0.25, 0.3) is 5.91 Å². The highest BCUT2D eigenvalue weighted by atomic mass is 19.2. The first-order chi connectivity index (χ1) is 10.5. The van der Waals surface area contributed by atoms with Gasteiger partial charge in [0.2, 0.25) is 5.82 Å². The molecule has 0 saturated heterocycles. The predicted molar refractivity (Wildman–Crippen MR) is 71.9 cm³/mol. The first-order valence-electron chi connectivity index (χ1n) is 6.82. The second kappa shape index (κ2) is 5.40. The van der Waals surface area contributed by atoms with Crippen molar-refractivity contribution in [3.8, 4) is 5.75 Å². The fourth-order valence-corrected chi connectivity index (χ4v) is 2.74. The van der Waals surface area contributed by atoms with Crippen LogP contribution in [-0.2, 0) is 6.42 Å². The zero-order valence-electron chi connectivity index (χ0n) is 11.4. The molecular weight excluding hydrogens is 297 g/mol. The summed E-state index contributed by atoms with van der Waals surface area (Å²) in [5.41, 5.74) is 1.16. The number of aryl methyl sites for hydroxylation is 1. The summed E-state index contributed by atoms with van der Waals surface area (Å²) < 4.78 is 40.1. The minimum atomic E-state index is -1.71. The molecule has 1 aliphatic rings. The molecule has 3 rings (SSSR count). The second-order valence-electron chi connectivity index (χ2n) is 5.21. The Morgan fingerprint density at radius 1 is 1.32 bits per heavy atom. The number of amides is 1. The molecule has 2 aromatic rings. The number of phenols is 1. The van der Waals surface area contributed by atoms with Gasteiger partial charge in [0.15, 0.2) is 17.4 Å². The van der Waals surface area contributed by atoms with Crippen molar-refractivity contribution < 1.29 is 23.1 Å². The van der Waals surface area contributed by atoms with E-state index in [1.54, 1.807) is 6.20 Å². The number of fused-ring (bicyclic) bond motifs is 1. The number of carbonyl (C=O) groups is 1. The summed E-state index contributed by atoms with van der Waals surface area (Å²) in [4.78, 5) is 15.2. The van der Waals surface area contributed by atoms with Crippen molar-refractivity contribution in [2.75, 3.05) is 0 Å². The molecule has 1 unspecified atom stereocenters. The van der Waals surface area contributed by atoms with Crippen LogP contribution in [0.25, 0.3) is 0 Å². The number of aromatic amines is 1. The standard InChI is InChI=1S/C15H13F3N2O2/c16-9-6-8(12(17)14(21)13(9)18)15(22)20-11-3-1-2-10-7(11)4-5-19-10/h4-6,11,19,21H,1-3H2,(H,20,22). The zero-order valence-corrected chi connectivity index (χ0v) is 11.4. The summed E-state index contributed by atoms with van der Waals surface area (Å²) in [7, 11) is 0. The van der Waals surface area contributed by atoms with Gasteiger partial charge in [-0.05, 0) is 37.0 Å². The zero-order chi connectivity index (χ0) is 15.9. The molecule has 7 heteroatoms. The lowest BCUT2D eigenvalue weighted by molar-refractivity contribution is 0.0927. The number of H-pyrrole nitrogens is 1. The number of phenolic OH excluding ortho intramolecular Hbond substituents is 1. The van der Waals surface area contributed by atoms with Gasteiger partial charge in [-0.1, -0.05) is 0 Å². The molecule has 1 amide bonds. The van der Waals surface area contributed by atoms with Gasteiger partial charge < -0.3 is 15.4 Å². The first-order valence-corrected chi connectivity index (χ1v) is 6.82. The van der Waals surface area contributed by atoms with Crippen LogP contribution in [0.1, 0.15) is 40.5 Å². The van der Waals surface area contributed by atoms with Crippen LogP contribution < -0.4 is 5.32 Å². The minimum Gasteiger partial charge on any atom is -0.503 e. The lowest BCUT2D eigenvalue weighted by Crippen LogP contribution is -2.31. The lowest BCUT2D eigenvalue weighted by Gasteiger charge is -2.24. The largest absolute Gasteiger partial charge is 0.503 e. The Morgan fingerprint density at radius 3 is 2.86 bits per heavy atom. The van der Waals surface area contributed by atoms with Gasteiger partial charge in [0.1, 0.15) is 0 Å². The number of benzene rings is 1. The molecule has 4 nitrogen and oxygen atoms in total.